The zero-order valence-corrected chi connectivity index (χ0v) is 7.66. The largest absolute Gasteiger partial charge is 0.393 e. The van der Waals surface area contributed by atoms with Crippen molar-refractivity contribution in [1.29, 1.82) is 5.41 Å². The van der Waals surface area contributed by atoms with Crippen molar-refractivity contribution in [2.45, 2.75) is 18.4 Å². The van der Waals surface area contributed by atoms with E-state index in [4.69, 9.17) is 16.2 Å². The van der Waals surface area contributed by atoms with Gasteiger partial charge in [0.15, 0.2) is 0 Å². The van der Waals surface area contributed by atoms with E-state index in [-0.39, 0.29) is 12.4 Å². The molecule has 0 spiro atoms. The van der Waals surface area contributed by atoms with Crippen LogP contribution in [0.3, 0.4) is 0 Å². The topological polar surface area (TPSA) is 93.6 Å². The lowest BCUT2D eigenvalue weighted by Crippen LogP contribution is -2.52. The summed E-state index contributed by atoms with van der Waals surface area (Å²) in [6, 6.07) is 0. The molecule has 1 unspecified atom stereocenters. The van der Waals surface area contributed by atoms with Crippen LogP contribution in [0.5, 0.6) is 0 Å². The standard InChI is InChI=1S/C8H17N3O2/c9-7(10)4-11-3-1-2-8(13,5-11)6-12/h12-13H,1-6H2,(H3,9,10). The van der Waals surface area contributed by atoms with E-state index in [0.29, 0.717) is 19.5 Å². The van der Waals surface area contributed by atoms with Gasteiger partial charge in [-0.05, 0) is 19.4 Å². The summed E-state index contributed by atoms with van der Waals surface area (Å²) in [4.78, 5) is 1.89. The van der Waals surface area contributed by atoms with Gasteiger partial charge in [0.05, 0.1) is 13.2 Å². The molecule has 5 nitrogen and oxygen atoms in total. The van der Waals surface area contributed by atoms with Crippen molar-refractivity contribution in [2.75, 3.05) is 26.2 Å². The van der Waals surface area contributed by atoms with Crippen LogP contribution in [0.2, 0.25) is 0 Å². The number of nitrogens with one attached hydrogen (secondary N) is 1. The highest BCUT2D eigenvalue weighted by Crippen LogP contribution is 2.19. The highest BCUT2D eigenvalue weighted by atomic mass is 16.3. The van der Waals surface area contributed by atoms with Crippen molar-refractivity contribution in [2.24, 2.45) is 5.73 Å². The van der Waals surface area contributed by atoms with E-state index in [2.05, 4.69) is 0 Å². The third-order valence-electron chi connectivity index (χ3n) is 2.32. The second kappa shape index (κ2) is 4.04. The normalized spacial score (nSPS) is 30.3. The van der Waals surface area contributed by atoms with E-state index in [1.54, 1.807) is 0 Å². The number of hydrogen-bond acceptors (Lipinski definition) is 4. The quantitative estimate of drug-likeness (QED) is 0.328. The number of hydrogen-bond donors (Lipinski definition) is 4. The summed E-state index contributed by atoms with van der Waals surface area (Å²) in [6.45, 7) is 1.40. The zero-order valence-electron chi connectivity index (χ0n) is 7.66. The molecule has 1 atom stereocenters. The lowest BCUT2D eigenvalue weighted by molar-refractivity contribution is -0.0635. The Kier molecular flexibility index (Phi) is 3.24. The first-order valence-electron chi connectivity index (χ1n) is 4.44. The third kappa shape index (κ3) is 2.95. The Morgan fingerprint density at radius 2 is 2.31 bits per heavy atom. The molecule has 1 saturated heterocycles. The lowest BCUT2D eigenvalue weighted by atomic mass is 9.94. The molecule has 5 heteroatoms. The van der Waals surface area contributed by atoms with E-state index in [9.17, 15) is 5.11 Å². The fourth-order valence-corrected chi connectivity index (χ4v) is 1.71. The van der Waals surface area contributed by atoms with Crippen molar-refractivity contribution in [1.82, 2.24) is 4.90 Å². The average molecular weight is 187 g/mol. The summed E-state index contributed by atoms with van der Waals surface area (Å²) in [5.74, 6) is 0.0992. The van der Waals surface area contributed by atoms with Gasteiger partial charge in [-0.3, -0.25) is 10.3 Å². The zero-order chi connectivity index (χ0) is 9.90. The van der Waals surface area contributed by atoms with E-state index in [1.165, 1.54) is 0 Å². The Morgan fingerprint density at radius 3 is 2.85 bits per heavy atom. The number of rotatable bonds is 3. The monoisotopic (exact) mass is 187 g/mol. The van der Waals surface area contributed by atoms with Gasteiger partial charge in [-0.2, -0.15) is 0 Å². The second-order valence-corrected chi connectivity index (χ2v) is 3.72. The molecule has 13 heavy (non-hydrogen) atoms. The number of nitrogens with two attached hydrogens (primary N) is 1. The molecule has 1 aliphatic heterocycles. The molecule has 0 bridgehead atoms. The van der Waals surface area contributed by atoms with Gasteiger partial charge in [0.25, 0.3) is 0 Å². The molecule has 1 aliphatic rings. The van der Waals surface area contributed by atoms with Crippen LogP contribution >= 0.6 is 0 Å². The molecular formula is C8H17N3O2. The van der Waals surface area contributed by atoms with Gasteiger partial charge in [-0.1, -0.05) is 0 Å². The molecule has 0 aromatic heterocycles. The predicted molar refractivity (Wildman–Crippen MR) is 49.6 cm³/mol. The van der Waals surface area contributed by atoms with E-state index in [0.717, 1.165) is 13.0 Å². The Hall–Kier alpha value is -0.650. The first-order valence-corrected chi connectivity index (χ1v) is 4.44. The van der Waals surface area contributed by atoms with E-state index < -0.39 is 5.60 Å². The predicted octanol–water partition coefficient (Wildman–Crippen LogP) is -1.26. The molecule has 1 rings (SSSR count). The molecule has 76 valence electrons. The second-order valence-electron chi connectivity index (χ2n) is 3.72. The molecular weight excluding hydrogens is 170 g/mol. The molecule has 5 N–H and O–H groups in total. The number of aliphatic hydroxyl groups is 2. The van der Waals surface area contributed by atoms with Gasteiger partial charge in [0.2, 0.25) is 0 Å². The minimum atomic E-state index is -0.992. The number of aliphatic hydroxyl groups excluding tert-OH is 1. The molecule has 0 radical (unpaired) electrons. The summed E-state index contributed by atoms with van der Waals surface area (Å²) < 4.78 is 0. The van der Waals surface area contributed by atoms with Crippen LogP contribution in [0.4, 0.5) is 0 Å². The van der Waals surface area contributed by atoms with E-state index in [1.807, 2.05) is 4.90 Å². The Balaban J connectivity index is 2.46. The van der Waals surface area contributed by atoms with Crippen LogP contribution in [0.1, 0.15) is 12.8 Å². The minimum Gasteiger partial charge on any atom is -0.393 e. The molecule has 0 aliphatic carbocycles. The molecule has 1 heterocycles. The summed E-state index contributed by atoms with van der Waals surface area (Å²) in [5, 5.41) is 25.8. The number of likely N-dealkylation sites (tertiary alicyclic amines) is 1. The van der Waals surface area contributed by atoms with Gasteiger partial charge in [-0.25, -0.2) is 0 Å². The molecule has 0 aromatic carbocycles. The summed E-state index contributed by atoms with van der Waals surface area (Å²) in [7, 11) is 0. The van der Waals surface area contributed by atoms with Crippen molar-refractivity contribution in [3.8, 4) is 0 Å². The van der Waals surface area contributed by atoms with Gasteiger partial charge in [0.1, 0.15) is 11.4 Å². The number of piperidine rings is 1. The van der Waals surface area contributed by atoms with Crippen LogP contribution < -0.4 is 5.73 Å². The maximum absolute atomic E-state index is 9.76. The number of nitrogens with zero attached hydrogens (tertiary/aromatic N) is 1. The van der Waals surface area contributed by atoms with Crippen LogP contribution in [0.15, 0.2) is 0 Å². The van der Waals surface area contributed by atoms with E-state index >= 15 is 0 Å². The number of β-amino-alcohol motifs (C(OH)–C–C–N with tert-alkyl or cyclic N) is 1. The van der Waals surface area contributed by atoms with Crippen LogP contribution in [0, 0.1) is 5.41 Å². The number of amidine groups is 1. The fraction of sp³-hybridized carbons (Fsp3) is 0.875. The van der Waals surface area contributed by atoms with Crippen molar-refractivity contribution < 1.29 is 10.2 Å². The molecule has 0 saturated carbocycles. The highest BCUT2D eigenvalue weighted by molar-refractivity contribution is 5.78. The third-order valence-corrected chi connectivity index (χ3v) is 2.32. The average Bonchev–Trinajstić information content (AvgIpc) is 2.03. The summed E-state index contributed by atoms with van der Waals surface area (Å²) >= 11 is 0. The SMILES string of the molecule is N=C(N)CN1CCCC(O)(CO)C1. The lowest BCUT2D eigenvalue weighted by Gasteiger charge is -2.37. The van der Waals surface area contributed by atoms with Crippen molar-refractivity contribution in [3.63, 3.8) is 0 Å². The summed E-state index contributed by atoms with van der Waals surface area (Å²) in [6.07, 6.45) is 1.46. The van der Waals surface area contributed by atoms with Crippen LogP contribution in [-0.2, 0) is 0 Å². The highest BCUT2D eigenvalue weighted by Gasteiger charge is 2.32. The van der Waals surface area contributed by atoms with Crippen LogP contribution in [0.25, 0.3) is 0 Å². The Bertz CT molecular complexity index is 198. The smallest absolute Gasteiger partial charge is 0.105 e. The van der Waals surface area contributed by atoms with Gasteiger partial charge < -0.3 is 15.9 Å². The van der Waals surface area contributed by atoms with Crippen LogP contribution in [-0.4, -0.2) is 52.8 Å². The summed E-state index contributed by atoms with van der Waals surface area (Å²) in [5.41, 5.74) is 4.26. The molecule has 1 fully saturated rings. The first kappa shape index (κ1) is 10.4. The Labute approximate surface area is 77.7 Å². The minimum absolute atomic E-state index is 0.0992. The maximum Gasteiger partial charge on any atom is 0.105 e. The fourth-order valence-electron chi connectivity index (χ4n) is 1.71. The van der Waals surface area contributed by atoms with Crippen molar-refractivity contribution in [3.05, 3.63) is 0 Å². The Morgan fingerprint density at radius 1 is 1.62 bits per heavy atom. The van der Waals surface area contributed by atoms with Gasteiger partial charge in [0, 0.05) is 6.54 Å². The van der Waals surface area contributed by atoms with Gasteiger partial charge >= 0.3 is 0 Å². The molecule has 0 aromatic rings. The first-order chi connectivity index (χ1) is 6.06. The van der Waals surface area contributed by atoms with Gasteiger partial charge in [-0.15, -0.1) is 0 Å². The molecule has 0 amide bonds. The van der Waals surface area contributed by atoms with Crippen molar-refractivity contribution >= 4 is 5.84 Å². The maximum atomic E-state index is 9.76.